The average Bonchev–Trinajstić information content (AvgIpc) is 3.40. The molecule has 0 aliphatic heterocycles. The Morgan fingerprint density at radius 3 is 2.65 bits per heavy atom. The first-order chi connectivity index (χ1) is 11.2. The molecule has 6 nitrogen and oxygen atoms in total. The van der Waals surface area contributed by atoms with Gasteiger partial charge in [-0.1, -0.05) is 6.07 Å². The Kier molecular flexibility index (Phi) is 7.00. The van der Waals surface area contributed by atoms with Crippen LogP contribution in [0.5, 0.6) is 11.5 Å². The minimum Gasteiger partial charge on any atom is -0.493 e. The van der Waals surface area contributed by atoms with Crippen LogP contribution < -0.4 is 20.1 Å². The fraction of sp³-hybridized carbons (Fsp3) is 0.588. The fourth-order valence-corrected chi connectivity index (χ4v) is 2.15. The largest absolute Gasteiger partial charge is 0.493 e. The van der Waals surface area contributed by atoms with E-state index in [1.54, 1.807) is 14.2 Å². The van der Waals surface area contributed by atoms with Crippen LogP contribution in [0.3, 0.4) is 0 Å². The lowest BCUT2D eigenvalue weighted by atomic mass is 10.2. The number of carbonyl (C=O) groups excluding carboxylic acids is 1. The Morgan fingerprint density at radius 2 is 1.96 bits per heavy atom. The summed E-state index contributed by atoms with van der Waals surface area (Å²) < 4.78 is 15.9. The number of benzene rings is 1. The number of hydrogen-bond acceptors (Lipinski definition) is 4. The molecule has 0 radical (unpaired) electrons. The molecule has 2 N–H and O–H groups in total. The molecule has 23 heavy (non-hydrogen) atoms. The predicted octanol–water partition coefficient (Wildman–Crippen LogP) is 2.32. The van der Waals surface area contributed by atoms with Gasteiger partial charge in [-0.2, -0.15) is 0 Å². The van der Waals surface area contributed by atoms with Gasteiger partial charge in [-0.3, -0.25) is 0 Å². The molecule has 1 aromatic carbocycles. The van der Waals surface area contributed by atoms with E-state index in [1.807, 2.05) is 18.2 Å². The van der Waals surface area contributed by atoms with Crippen LogP contribution in [0.25, 0.3) is 0 Å². The van der Waals surface area contributed by atoms with Crippen LogP contribution in [0.4, 0.5) is 4.79 Å². The molecule has 2 amide bonds. The van der Waals surface area contributed by atoms with Gasteiger partial charge in [-0.15, -0.1) is 0 Å². The first-order valence-corrected chi connectivity index (χ1v) is 8.03. The number of nitrogens with one attached hydrogen (secondary N) is 2. The minimum atomic E-state index is -0.179. The van der Waals surface area contributed by atoms with Crippen molar-refractivity contribution in [3.63, 3.8) is 0 Å². The SMILES string of the molecule is COc1ccc(CNC(=O)NCCCOCC2CC2)cc1OC. The zero-order valence-corrected chi connectivity index (χ0v) is 13.9. The summed E-state index contributed by atoms with van der Waals surface area (Å²) >= 11 is 0. The van der Waals surface area contributed by atoms with Gasteiger partial charge in [0.25, 0.3) is 0 Å². The first-order valence-electron chi connectivity index (χ1n) is 8.03. The third-order valence-electron chi connectivity index (χ3n) is 3.70. The smallest absolute Gasteiger partial charge is 0.315 e. The Morgan fingerprint density at radius 1 is 1.17 bits per heavy atom. The van der Waals surface area contributed by atoms with E-state index in [-0.39, 0.29) is 6.03 Å². The molecule has 1 aliphatic carbocycles. The molecular formula is C17H26N2O4. The second kappa shape index (κ2) is 9.25. The molecular weight excluding hydrogens is 296 g/mol. The Bertz CT molecular complexity index is 503. The Labute approximate surface area is 137 Å². The standard InChI is InChI=1S/C17H26N2O4/c1-21-15-7-6-14(10-16(15)22-2)11-19-17(20)18-8-3-9-23-12-13-4-5-13/h6-7,10,13H,3-5,8-9,11-12H2,1-2H3,(H2,18,19,20). The van der Waals surface area contributed by atoms with Crippen LogP contribution in [0.15, 0.2) is 18.2 Å². The summed E-state index contributed by atoms with van der Waals surface area (Å²) in [5, 5.41) is 5.64. The highest BCUT2D eigenvalue weighted by Crippen LogP contribution is 2.28. The van der Waals surface area contributed by atoms with Crippen molar-refractivity contribution in [2.45, 2.75) is 25.8 Å². The van der Waals surface area contributed by atoms with Crippen LogP contribution >= 0.6 is 0 Å². The summed E-state index contributed by atoms with van der Waals surface area (Å²) in [6.45, 7) is 2.62. The summed E-state index contributed by atoms with van der Waals surface area (Å²) in [4.78, 5) is 11.7. The predicted molar refractivity (Wildman–Crippen MR) is 87.9 cm³/mol. The molecule has 0 aromatic heterocycles. The van der Waals surface area contributed by atoms with Crippen molar-refractivity contribution in [3.8, 4) is 11.5 Å². The van der Waals surface area contributed by atoms with Crippen LogP contribution in [0.1, 0.15) is 24.8 Å². The van der Waals surface area contributed by atoms with Crippen molar-refractivity contribution in [3.05, 3.63) is 23.8 Å². The third kappa shape index (κ3) is 6.36. The van der Waals surface area contributed by atoms with Gasteiger partial charge in [0.2, 0.25) is 0 Å². The number of ether oxygens (including phenoxy) is 3. The summed E-state index contributed by atoms with van der Waals surface area (Å²) in [6, 6.07) is 5.39. The maximum Gasteiger partial charge on any atom is 0.315 e. The van der Waals surface area contributed by atoms with Gasteiger partial charge in [0.1, 0.15) is 0 Å². The van der Waals surface area contributed by atoms with E-state index < -0.39 is 0 Å². The highest BCUT2D eigenvalue weighted by atomic mass is 16.5. The number of amides is 2. The highest BCUT2D eigenvalue weighted by molar-refractivity contribution is 5.73. The monoisotopic (exact) mass is 322 g/mol. The second-order valence-electron chi connectivity index (χ2n) is 5.67. The quantitative estimate of drug-likeness (QED) is 0.649. The van der Waals surface area contributed by atoms with E-state index in [0.29, 0.717) is 31.2 Å². The van der Waals surface area contributed by atoms with E-state index in [2.05, 4.69) is 10.6 Å². The normalized spacial score (nSPS) is 13.5. The molecule has 0 spiro atoms. The van der Waals surface area contributed by atoms with E-state index in [9.17, 15) is 4.79 Å². The van der Waals surface area contributed by atoms with Crippen molar-refractivity contribution in [2.75, 3.05) is 34.0 Å². The van der Waals surface area contributed by atoms with Crippen molar-refractivity contribution in [1.82, 2.24) is 10.6 Å². The number of urea groups is 1. The molecule has 0 heterocycles. The molecule has 2 rings (SSSR count). The van der Waals surface area contributed by atoms with Gasteiger partial charge >= 0.3 is 6.03 Å². The second-order valence-corrected chi connectivity index (χ2v) is 5.67. The molecule has 1 aliphatic rings. The third-order valence-corrected chi connectivity index (χ3v) is 3.70. The molecule has 1 aromatic rings. The van der Waals surface area contributed by atoms with E-state index in [4.69, 9.17) is 14.2 Å². The van der Waals surface area contributed by atoms with Crippen LogP contribution in [-0.4, -0.2) is 40.0 Å². The molecule has 6 heteroatoms. The number of rotatable bonds is 10. The maximum atomic E-state index is 11.7. The molecule has 0 bridgehead atoms. The lowest BCUT2D eigenvalue weighted by Gasteiger charge is -2.11. The maximum absolute atomic E-state index is 11.7. The van der Waals surface area contributed by atoms with E-state index in [0.717, 1.165) is 24.5 Å². The molecule has 1 saturated carbocycles. The van der Waals surface area contributed by atoms with Crippen molar-refractivity contribution in [2.24, 2.45) is 5.92 Å². The summed E-state index contributed by atoms with van der Waals surface area (Å²) in [7, 11) is 3.19. The van der Waals surface area contributed by atoms with Gasteiger partial charge in [-0.25, -0.2) is 4.79 Å². The first kappa shape index (κ1) is 17.4. The topological polar surface area (TPSA) is 68.8 Å². The van der Waals surface area contributed by atoms with Crippen LogP contribution in [0, 0.1) is 5.92 Å². The molecule has 128 valence electrons. The number of carbonyl (C=O) groups is 1. The summed E-state index contributed by atoms with van der Waals surface area (Å²) in [6.07, 6.45) is 3.43. The lowest BCUT2D eigenvalue weighted by molar-refractivity contribution is 0.122. The van der Waals surface area contributed by atoms with Crippen molar-refractivity contribution in [1.29, 1.82) is 0 Å². The zero-order valence-electron chi connectivity index (χ0n) is 13.9. The van der Waals surface area contributed by atoms with Crippen molar-refractivity contribution >= 4 is 6.03 Å². The number of hydrogen-bond donors (Lipinski definition) is 2. The van der Waals surface area contributed by atoms with Gasteiger partial charge in [0, 0.05) is 26.3 Å². The molecule has 0 unspecified atom stereocenters. The summed E-state index contributed by atoms with van der Waals surface area (Å²) in [5.41, 5.74) is 0.950. The van der Waals surface area contributed by atoms with Gasteiger partial charge in [-0.05, 0) is 42.9 Å². The fourth-order valence-electron chi connectivity index (χ4n) is 2.15. The Hall–Kier alpha value is -1.95. The molecule has 0 atom stereocenters. The number of methoxy groups -OCH3 is 2. The van der Waals surface area contributed by atoms with E-state index >= 15 is 0 Å². The van der Waals surface area contributed by atoms with Crippen LogP contribution in [0.2, 0.25) is 0 Å². The molecule has 0 saturated heterocycles. The average molecular weight is 322 g/mol. The van der Waals surface area contributed by atoms with E-state index in [1.165, 1.54) is 12.8 Å². The zero-order chi connectivity index (χ0) is 16.5. The highest BCUT2D eigenvalue weighted by Gasteiger charge is 2.20. The van der Waals surface area contributed by atoms with Gasteiger partial charge in [0.15, 0.2) is 11.5 Å². The van der Waals surface area contributed by atoms with Crippen molar-refractivity contribution < 1.29 is 19.0 Å². The summed E-state index contributed by atoms with van der Waals surface area (Å²) in [5.74, 6) is 2.11. The van der Waals surface area contributed by atoms with Crippen LogP contribution in [-0.2, 0) is 11.3 Å². The Balaban J connectivity index is 1.59. The minimum absolute atomic E-state index is 0.179. The lowest BCUT2D eigenvalue weighted by Crippen LogP contribution is -2.35. The van der Waals surface area contributed by atoms with Gasteiger partial charge < -0.3 is 24.8 Å². The van der Waals surface area contributed by atoms with Gasteiger partial charge in [0.05, 0.1) is 14.2 Å². The molecule has 1 fully saturated rings.